The molecule has 1 aliphatic rings. The molecule has 2 rings (SSSR count). The molecule has 64 valence electrons. The summed E-state index contributed by atoms with van der Waals surface area (Å²) in [5, 5.41) is 0. The van der Waals surface area contributed by atoms with E-state index in [1.807, 2.05) is 31.2 Å². The summed E-state index contributed by atoms with van der Waals surface area (Å²) >= 11 is 5.76. The zero-order valence-electron chi connectivity index (χ0n) is 6.53. The topological polar surface area (TPSA) is 18.5 Å². The van der Waals surface area contributed by atoms with Crippen LogP contribution in [0.3, 0.4) is 0 Å². The van der Waals surface area contributed by atoms with Crippen LogP contribution >= 0.6 is 19.0 Å². The molecule has 2 nitrogen and oxygen atoms in total. The van der Waals surface area contributed by atoms with Crippen molar-refractivity contribution in [3.05, 3.63) is 29.8 Å². The molecule has 12 heavy (non-hydrogen) atoms. The van der Waals surface area contributed by atoms with Gasteiger partial charge in [0.25, 0.3) is 0 Å². The van der Waals surface area contributed by atoms with Crippen LogP contribution in [0, 0.1) is 0 Å². The summed E-state index contributed by atoms with van der Waals surface area (Å²) in [6.07, 6.45) is 0.0403. The molecule has 0 fully saturated rings. The Kier molecular flexibility index (Phi) is 2.22. The lowest BCUT2D eigenvalue weighted by atomic mass is 10.1. The molecule has 1 aromatic carbocycles. The van der Waals surface area contributed by atoms with Gasteiger partial charge in [0, 0.05) is 5.56 Å². The van der Waals surface area contributed by atoms with E-state index in [2.05, 4.69) is 0 Å². The summed E-state index contributed by atoms with van der Waals surface area (Å²) in [4.78, 5) is 0. The van der Waals surface area contributed by atoms with Gasteiger partial charge in [0.15, 0.2) is 0 Å². The molecule has 0 amide bonds. The summed E-state index contributed by atoms with van der Waals surface area (Å²) in [7, 11) is -1.25. The van der Waals surface area contributed by atoms with Crippen molar-refractivity contribution in [2.24, 2.45) is 0 Å². The standard InChI is InChI=1S/C8H8ClO2P/c1-6-7-4-2-3-5-8(7)11-12(9)10-6/h2-6H,1H3. The van der Waals surface area contributed by atoms with Gasteiger partial charge in [-0.05, 0) is 24.2 Å². The second-order valence-electron chi connectivity index (χ2n) is 2.59. The van der Waals surface area contributed by atoms with E-state index in [0.717, 1.165) is 11.3 Å². The van der Waals surface area contributed by atoms with Gasteiger partial charge in [0.2, 0.25) is 0 Å². The Morgan fingerprint density at radius 1 is 1.42 bits per heavy atom. The molecular formula is C8H8ClO2P. The van der Waals surface area contributed by atoms with Crippen molar-refractivity contribution in [2.75, 3.05) is 0 Å². The van der Waals surface area contributed by atoms with Crippen molar-refractivity contribution in [2.45, 2.75) is 13.0 Å². The molecule has 1 aromatic rings. The van der Waals surface area contributed by atoms with Crippen molar-refractivity contribution in [3.8, 4) is 5.75 Å². The quantitative estimate of drug-likeness (QED) is 0.598. The number of rotatable bonds is 0. The number of hydrogen-bond donors (Lipinski definition) is 0. The van der Waals surface area contributed by atoms with E-state index >= 15 is 0 Å². The first-order valence-corrected chi connectivity index (χ1v) is 5.75. The van der Waals surface area contributed by atoms with E-state index in [1.54, 1.807) is 0 Å². The molecule has 0 bridgehead atoms. The molecule has 0 aromatic heterocycles. The van der Waals surface area contributed by atoms with Gasteiger partial charge in [-0.2, -0.15) is 0 Å². The monoisotopic (exact) mass is 202 g/mol. The molecule has 1 aliphatic heterocycles. The Labute approximate surface area is 77.2 Å². The molecule has 2 atom stereocenters. The third-order valence-electron chi connectivity index (χ3n) is 1.77. The number of para-hydroxylation sites is 1. The Balaban J connectivity index is 2.40. The van der Waals surface area contributed by atoms with Gasteiger partial charge in [0.05, 0.1) is 6.10 Å². The van der Waals surface area contributed by atoms with Crippen molar-refractivity contribution in [1.29, 1.82) is 0 Å². The first-order valence-electron chi connectivity index (χ1n) is 3.67. The Bertz CT molecular complexity index is 292. The van der Waals surface area contributed by atoms with Crippen LogP contribution in [0.4, 0.5) is 0 Å². The summed E-state index contributed by atoms with van der Waals surface area (Å²) in [6, 6.07) is 7.78. The zero-order valence-corrected chi connectivity index (χ0v) is 8.18. The smallest absolute Gasteiger partial charge is 0.338 e. The molecule has 0 spiro atoms. The normalized spacial score (nSPS) is 27.5. The van der Waals surface area contributed by atoms with Crippen LogP contribution in [0.5, 0.6) is 5.75 Å². The number of halogens is 1. The Morgan fingerprint density at radius 3 is 3.00 bits per heavy atom. The third-order valence-corrected chi connectivity index (χ3v) is 3.04. The van der Waals surface area contributed by atoms with E-state index in [-0.39, 0.29) is 6.10 Å². The first-order chi connectivity index (χ1) is 5.77. The van der Waals surface area contributed by atoms with E-state index in [9.17, 15) is 0 Å². The fraction of sp³-hybridized carbons (Fsp3) is 0.250. The fourth-order valence-electron chi connectivity index (χ4n) is 1.18. The minimum atomic E-state index is -1.25. The van der Waals surface area contributed by atoms with Crippen molar-refractivity contribution in [1.82, 2.24) is 0 Å². The minimum Gasteiger partial charge on any atom is -0.436 e. The second-order valence-corrected chi connectivity index (χ2v) is 4.24. The van der Waals surface area contributed by atoms with Gasteiger partial charge in [-0.1, -0.05) is 18.2 Å². The van der Waals surface area contributed by atoms with Crippen LogP contribution in [-0.2, 0) is 4.52 Å². The molecule has 0 radical (unpaired) electrons. The maximum Gasteiger partial charge on any atom is 0.338 e. The van der Waals surface area contributed by atoms with Crippen LogP contribution in [0.1, 0.15) is 18.6 Å². The molecule has 4 heteroatoms. The van der Waals surface area contributed by atoms with E-state index < -0.39 is 7.73 Å². The Morgan fingerprint density at radius 2 is 2.17 bits per heavy atom. The fourth-order valence-corrected chi connectivity index (χ4v) is 2.49. The number of benzene rings is 1. The minimum absolute atomic E-state index is 0.0403. The maximum absolute atomic E-state index is 5.76. The molecule has 0 N–H and O–H groups in total. The summed E-state index contributed by atoms with van der Waals surface area (Å²) in [5.74, 6) is 0.845. The van der Waals surface area contributed by atoms with Gasteiger partial charge >= 0.3 is 7.73 Å². The zero-order chi connectivity index (χ0) is 8.55. The van der Waals surface area contributed by atoms with Crippen LogP contribution in [0.15, 0.2) is 24.3 Å². The summed E-state index contributed by atoms with van der Waals surface area (Å²) in [6.45, 7) is 1.97. The van der Waals surface area contributed by atoms with Crippen molar-refractivity contribution < 1.29 is 9.05 Å². The van der Waals surface area contributed by atoms with Gasteiger partial charge < -0.3 is 9.05 Å². The maximum atomic E-state index is 5.76. The van der Waals surface area contributed by atoms with Gasteiger partial charge in [0.1, 0.15) is 5.75 Å². The predicted octanol–water partition coefficient (Wildman–Crippen LogP) is 3.62. The molecule has 0 saturated heterocycles. The first kappa shape index (κ1) is 8.31. The van der Waals surface area contributed by atoms with Crippen LogP contribution in [-0.4, -0.2) is 0 Å². The Hall–Kier alpha value is -0.300. The predicted molar refractivity (Wildman–Crippen MR) is 49.3 cm³/mol. The lowest BCUT2D eigenvalue weighted by Gasteiger charge is -2.25. The van der Waals surface area contributed by atoms with Crippen molar-refractivity contribution in [3.63, 3.8) is 0 Å². The van der Waals surface area contributed by atoms with Crippen LogP contribution in [0.25, 0.3) is 0 Å². The summed E-state index contributed by atoms with van der Waals surface area (Å²) < 4.78 is 10.6. The summed E-state index contributed by atoms with van der Waals surface area (Å²) in [5.41, 5.74) is 1.07. The molecule has 0 saturated carbocycles. The molecule has 2 unspecified atom stereocenters. The van der Waals surface area contributed by atoms with Crippen molar-refractivity contribution >= 4 is 19.0 Å². The largest absolute Gasteiger partial charge is 0.436 e. The highest BCUT2D eigenvalue weighted by molar-refractivity contribution is 7.76. The van der Waals surface area contributed by atoms with Gasteiger partial charge in [-0.15, -0.1) is 0 Å². The number of fused-ring (bicyclic) bond motifs is 1. The second kappa shape index (κ2) is 3.21. The molecule has 0 aliphatic carbocycles. The van der Waals surface area contributed by atoms with Crippen LogP contribution in [0.2, 0.25) is 0 Å². The van der Waals surface area contributed by atoms with E-state index in [1.165, 1.54) is 0 Å². The highest BCUT2D eigenvalue weighted by atomic mass is 35.7. The molecule has 1 heterocycles. The molecular weight excluding hydrogens is 195 g/mol. The van der Waals surface area contributed by atoms with Gasteiger partial charge in [-0.25, -0.2) is 0 Å². The highest BCUT2D eigenvalue weighted by Crippen LogP contribution is 2.54. The SMILES string of the molecule is CC1OP(Cl)Oc2ccccc21. The van der Waals surface area contributed by atoms with E-state index in [4.69, 9.17) is 20.3 Å². The average molecular weight is 203 g/mol. The average Bonchev–Trinajstić information content (AvgIpc) is 2.04. The lowest BCUT2D eigenvalue weighted by Crippen LogP contribution is -2.05. The van der Waals surface area contributed by atoms with E-state index in [0.29, 0.717) is 0 Å². The third kappa shape index (κ3) is 1.42. The highest BCUT2D eigenvalue weighted by Gasteiger charge is 2.24. The van der Waals surface area contributed by atoms with Gasteiger partial charge in [-0.3, -0.25) is 0 Å². The lowest BCUT2D eigenvalue weighted by molar-refractivity contribution is 0.215. The number of hydrogen-bond acceptors (Lipinski definition) is 2. The van der Waals surface area contributed by atoms with Crippen LogP contribution < -0.4 is 4.52 Å².